The highest BCUT2D eigenvalue weighted by molar-refractivity contribution is 5.50. The van der Waals surface area contributed by atoms with E-state index in [2.05, 4.69) is 6.07 Å². The summed E-state index contributed by atoms with van der Waals surface area (Å²) in [7, 11) is 1.54. The molecule has 0 aliphatic carbocycles. The van der Waals surface area contributed by atoms with Gasteiger partial charge in [0.05, 0.1) is 24.9 Å². The Morgan fingerprint density at radius 3 is 2.62 bits per heavy atom. The standard InChI is InChI=1S/C10H15NO2/c1-10(2,8-11)9(4-6-12)5-7-13-3/h5-7,9H,4H2,1-3H3/b7-5+. The van der Waals surface area contributed by atoms with E-state index in [9.17, 15) is 4.79 Å². The minimum absolute atomic E-state index is 0.0880. The maximum absolute atomic E-state index is 10.4. The van der Waals surface area contributed by atoms with Crippen molar-refractivity contribution in [2.75, 3.05) is 7.11 Å². The second-order valence-corrected chi connectivity index (χ2v) is 3.41. The average Bonchev–Trinajstić information content (AvgIpc) is 2.12. The predicted molar refractivity (Wildman–Crippen MR) is 49.7 cm³/mol. The molecule has 0 aromatic carbocycles. The Bertz CT molecular complexity index is 226. The van der Waals surface area contributed by atoms with Crippen LogP contribution in [0.1, 0.15) is 20.3 Å². The van der Waals surface area contributed by atoms with Gasteiger partial charge in [0.1, 0.15) is 6.29 Å². The zero-order valence-corrected chi connectivity index (χ0v) is 8.28. The molecular weight excluding hydrogens is 166 g/mol. The third kappa shape index (κ3) is 3.75. The minimum Gasteiger partial charge on any atom is -0.505 e. The summed E-state index contributed by atoms with van der Waals surface area (Å²) in [5, 5.41) is 8.85. The van der Waals surface area contributed by atoms with Crippen LogP contribution in [-0.4, -0.2) is 13.4 Å². The van der Waals surface area contributed by atoms with Crippen molar-refractivity contribution in [1.82, 2.24) is 0 Å². The van der Waals surface area contributed by atoms with E-state index in [1.165, 1.54) is 13.4 Å². The lowest BCUT2D eigenvalue weighted by molar-refractivity contribution is -0.108. The van der Waals surface area contributed by atoms with Gasteiger partial charge >= 0.3 is 0 Å². The molecule has 0 radical (unpaired) electrons. The molecule has 0 bridgehead atoms. The molecule has 72 valence electrons. The number of carbonyl (C=O) groups excluding carboxylic acids is 1. The molecule has 13 heavy (non-hydrogen) atoms. The molecule has 3 heteroatoms. The van der Waals surface area contributed by atoms with Gasteiger partial charge in [-0.2, -0.15) is 5.26 Å². The summed E-state index contributed by atoms with van der Waals surface area (Å²) in [4.78, 5) is 10.4. The van der Waals surface area contributed by atoms with Crippen LogP contribution in [0, 0.1) is 22.7 Å². The van der Waals surface area contributed by atoms with Crippen LogP contribution in [0.4, 0.5) is 0 Å². The van der Waals surface area contributed by atoms with Crippen LogP contribution in [-0.2, 0) is 9.53 Å². The topological polar surface area (TPSA) is 50.1 Å². The Labute approximate surface area is 79.0 Å². The van der Waals surface area contributed by atoms with E-state index < -0.39 is 5.41 Å². The van der Waals surface area contributed by atoms with Crippen LogP contribution in [0.3, 0.4) is 0 Å². The first kappa shape index (κ1) is 11.7. The van der Waals surface area contributed by atoms with E-state index in [-0.39, 0.29) is 5.92 Å². The monoisotopic (exact) mass is 181 g/mol. The van der Waals surface area contributed by atoms with Gasteiger partial charge in [0.25, 0.3) is 0 Å². The molecule has 0 saturated heterocycles. The molecule has 0 N–H and O–H groups in total. The van der Waals surface area contributed by atoms with E-state index in [1.54, 1.807) is 19.9 Å². The van der Waals surface area contributed by atoms with Crippen molar-refractivity contribution in [3.8, 4) is 6.07 Å². The first-order valence-electron chi connectivity index (χ1n) is 4.13. The van der Waals surface area contributed by atoms with E-state index >= 15 is 0 Å². The lowest BCUT2D eigenvalue weighted by Crippen LogP contribution is -2.20. The highest BCUT2D eigenvalue weighted by Crippen LogP contribution is 2.28. The lowest BCUT2D eigenvalue weighted by Gasteiger charge is -2.22. The molecule has 0 aromatic heterocycles. The quantitative estimate of drug-likeness (QED) is 0.480. The van der Waals surface area contributed by atoms with Gasteiger partial charge in [0.2, 0.25) is 0 Å². The Balaban J connectivity index is 4.51. The minimum atomic E-state index is -0.532. The van der Waals surface area contributed by atoms with Gasteiger partial charge in [-0.1, -0.05) is 0 Å². The third-order valence-corrected chi connectivity index (χ3v) is 2.01. The summed E-state index contributed by atoms with van der Waals surface area (Å²) in [6.07, 6.45) is 4.43. The summed E-state index contributed by atoms with van der Waals surface area (Å²) in [6, 6.07) is 2.17. The zero-order chi connectivity index (χ0) is 10.3. The smallest absolute Gasteiger partial charge is 0.120 e. The molecule has 0 amide bonds. The Morgan fingerprint density at radius 2 is 2.23 bits per heavy atom. The highest BCUT2D eigenvalue weighted by atomic mass is 16.5. The number of ether oxygens (including phenoxy) is 1. The number of methoxy groups -OCH3 is 1. The van der Waals surface area contributed by atoms with Crippen LogP contribution in [0.5, 0.6) is 0 Å². The number of nitrogens with zero attached hydrogens (tertiary/aromatic N) is 1. The second kappa shape index (κ2) is 5.36. The van der Waals surface area contributed by atoms with Crippen molar-refractivity contribution in [3.05, 3.63) is 12.3 Å². The van der Waals surface area contributed by atoms with Crippen molar-refractivity contribution in [2.24, 2.45) is 11.3 Å². The van der Waals surface area contributed by atoms with Crippen LogP contribution in [0.2, 0.25) is 0 Å². The summed E-state index contributed by atoms with van der Waals surface area (Å²) in [5.74, 6) is -0.0880. The average molecular weight is 181 g/mol. The van der Waals surface area contributed by atoms with Crippen LogP contribution in [0.25, 0.3) is 0 Å². The molecule has 0 spiro atoms. The van der Waals surface area contributed by atoms with Crippen molar-refractivity contribution >= 4 is 6.29 Å². The first-order chi connectivity index (χ1) is 6.08. The fourth-order valence-electron chi connectivity index (χ4n) is 0.974. The fraction of sp³-hybridized carbons (Fsp3) is 0.600. The molecule has 0 aromatic rings. The first-order valence-corrected chi connectivity index (χ1v) is 4.13. The number of rotatable bonds is 5. The van der Waals surface area contributed by atoms with Crippen LogP contribution < -0.4 is 0 Å². The van der Waals surface area contributed by atoms with E-state index in [0.717, 1.165) is 6.29 Å². The summed E-state index contributed by atoms with van der Waals surface area (Å²) in [5.41, 5.74) is -0.532. The van der Waals surface area contributed by atoms with Crippen molar-refractivity contribution in [1.29, 1.82) is 5.26 Å². The van der Waals surface area contributed by atoms with Crippen molar-refractivity contribution in [3.63, 3.8) is 0 Å². The van der Waals surface area contributed by atoms with Gasteiger partial charge in [-0.15, -0.1) is 0 Å². The predicted octanol–water partition coefficient (Wildman–Crippen LogP) is 1.90. The fourth-order valence-corrected chi connectivity index (χ4v) is 0.974. The van der Waals surface area contributed by atoms with E-state index in [4.69, 9.17) is 10.00 Å². The van der Waals surface area contributed by atoms with Gasteiger partial charge in [-0.25, -0.2) is 0 Å². The maximum atomic E-state index is 10.4. The molecule has 1 atom stereocenters. The van der Waals surface area contributed by atoms with Crippen LogP contribution >= 0.6 is 0 Å². The second-order valence-electron chi connectivity index (χ2n) is 3.41. The Hall–Kier alpha value is -1.30. The lowest BCUT2D eigenvalue weighted by atomic mass is 9.78. The van der Waals surface area contributed by atoms with Crippen molar-refractivity contribution in [2.45, 2.75) is 20.3 Å². The number of allylic oxidation sites excluding steroid dienone is 1. The molecular formula is C10H15NO2. The van der Waals surface area contributed by atoms with Crippen molar-refractivity contribution < 1.29 is 9.53 Å². The summed E-state index contributed by atoms with van der Waals surface area (Å²) >= 11 is 0. The number of hydrogen-bond acceptors (Lipinski definition) is 3. The number of hydrogen-bond donors (Lipinski definition) is 0. The van der Waals surface area contributed by atoms with Gasteiger partial charge in [0, 0.05) is 12.3 Å². The SMILES string of the molecule is CO/C=C/C(CC=O)C(C)(C)C#N. The molecule has 1 unspecified atom stereocenters. The summed E-state index contributed by atoms with van der Waals surface area (Å²) < 4.78 is 4.75. The molecule has 0 aliphatic heterocycles. The Morgan fingerprint density at radius 1 is 1.62 bits per heavy atom. The molecule has 0 rings (SSSR count). The third-order valence-electron chi connectivity index (χ3n) is 2.01. The molecule has 0 fully saturated rings. The van der Waals surface area contributed by atoms with Gasteiger partial charge in [0.15, 0.2) is 0 Å². The van der Waals surface area contributed by atoms with Gasteiger partial charge in [-0.3, -0.25) is 0 Å². The van der Waals surface area contributed by atoms with E-state index in [0.29, 0.717) is 6.42 Å². The number of nitriles is 1. The molecule has 0 aliphatic rings. The number of carbonyl (C=O) groups is 1. The maximum Gasteiger partial charge on any atom is 0.120 e. The number of aldehydes is 1. The molecule has 0 heterocycles. The normalized spacial score (nSPS) is 13.7. The van der Waals surface area contributed by atoms with E-state index in [1.807, 2.05) is 0 Å². The van der Waals surface area contributed by atoms with Gasteiger partial charge in [-0.05, 0) is 19.9 Å². The molecule has 3 nitrogen and oxygen atoms in total. The molecule has 0 saturated carbocycles. The Kier molecular flexibility index (Phi) is 4.83. The highest BCUT2D eigenvalue weighted by Gasteiger charge is 2.26. The van der Waals surface area contributed by atoms with Crippen LogP contribution in [0.15, 0.2) is 12.3 Å². The largest absolute Gasteiger partial charge is 0.505 e. The summed E-state index contributed by atoms with van der Waals surface area (Å²) in [6.45, 7) is 3.61. The van der Waals surface area contributed by atoms with Gasteiger partial charge < -0.3 is 9.53 Å². The zero-order valence-electron chi connectivity index (χ0n) is 8.28.